The number of guanidine groups is 1. The molecule has 2 atom stereocenters. The molecule has 0 saturated carbocycles. The molecule has 0 radical (unpaired) electrons. The van der Waals surface area contributed by atoms with Crippen molar-refractivity contribution in [1.29, 1.82) is 0 Å². The van der Waals surface area contributed by atoms with E-state index in [2.05, 4.69) is 59.8 Å². The average Bonchev–Trinajstić information content (AvgIpc) is 3.07. The lowest BCUT2D eigenvalue weighted by molar-refractivity contribution is 0.106. The number of hydrogen-bond donors (Lipinski definition) is 2. The molecule has 0 aromatic heterocycles. The van der Waals surface area contributed by atoms with Gasteiger partial charge in [0.15, 0.2) is 5.96 Å². The molecule has 2 unspecified atom stereocenters. The predicted octanol–water partition coefficient (Wildman–Crippen LogP) is 3.75. The third-order valence-corrected chi connectivity index (χ3v) is 4.18. The maximum Gasteiger partial charge on any atom is 0.191 e. The van der Waals surface area contributed by atoms with Crippen LogP contribution in [0.25, 0.3) is 0 Å². The molecule has 24 heavy (non-hydrogen) atoms. The highest BCUT2D eigenvalue weighted by Gasteiger charge is 2.14. The van der Waals surface area contributed by atoms with Gasteiger partial charge in [-0.15, -0.1) is 24.0 Å². The van der Waals surface area contributed by atoms with Crippen LogP contribution in [0, 0.1) is 0 Å². The number of benzene rings is 1. The fourth-order valence-corrected chi connectivity index (χ4v) is 2.85. The van der Waals surface area contributed by atoms with Crippen LogP contribution in [0.4, 0.5) is 0 Å². The molecule has 0 amide bonds. The first-order valence-corrected chi connectivity index (χ1v) is 8.98. The summed E-state index contributed by atoms with van der Waals surface area (Å²) >= 11 is 0. The first-order chi connectivity index (χ1) is 11.3. The summed E-state index contributed by atoms with van der Waals surface area (Å²) < 4.78 is 5.65. The van der Waals surface area contributed by atoms with Crippen LogP contribution in [0.5, 0.6) is 0 Å². The second-order valence-corrected chi connectivity index (χ2v) is 6.25. The van der Waals surface area contributed by atoms with Gasteiger partial charge in [-0.2, -0.15) is 0 Å². The van der Waals surface area contributed by atoms with Crippen LogP contribution < -0.4 is 10.6 Å². The Kier molecular flexibility index (Phi) is 11.1. The Balaban J connectivity index is 0.00000288. The van der Waals surface area contributed by atoms with Gasteiger partial charge in [-0.05, 0) is 51.5 Å². The van der Waals surface area contributed by atoms with Gasteiger partial charge in [-0.1, -0.05) is 30.3 Å². The first kappa shape index (κ1) is 21.2. The largest absolute Gasteiger partial charge is 0.378 e. The zero-order valence-corrected chi connectivity index (χ0v) is 17.3. The Labute approximate surface area is 163 Å². The Morgan fingerprint density at radius 3 is 2.79 bits per heavy atom. The SMILES string of the molecule is CCNC(=NCCC1CCCO1)NC(C)CCc1ccccc1.I. The van der Waals surface area contributed by atoms with Crippen molar-refractivity contribution in [2.24, 2.45) is 4.99 Å². The summed E-state index contributed by atoms with van der Waals surface area (Å²) in [5.41, 5.74) is 1.39. The minimum absolute atomic E-state index is 0. The Morgan fingerprint density at radius 1 is 1.33 bits per heavy atom. The van der Waals surface area contributed by atoms with Crippen LogP contribution in [-0.2, 0) is 11.2 Å². The third-order valence-electron chi connectivity index (χ3n) is 4.18. The summed E-state index contributed by atoms with van der Waals surface area (Å²) in [5.74, 6) is 0.922. The summed E-state index contributed by atoms with van der Waals surface area (Å²) in [6.45, 7) is 6.95. The van der Waals surface area contributed by atoms with Crippen molar-refractivity contribution in [1.82, 2.24) is 10.6 Å². The molecule has 1 aliphatic heterocycles. The van der Waals surface area contributed by atoms with Crippen LogP contribution in [0.3, 0.4) is 0 Å². The van der Waals surface area contributed by atoms with Gasteiger partial charge in [0.2, 0.25) is 0 Å². The van der Waals surface area contributed by atoms with E-state index in [0.717, 1.165) is 44.9 Å². The van der Waals surface area contributed by atoms with Gasteiger partial charge in [0, 0.05) is 25.7 Å². The molecule has 1 aliphatic rings. The highest BCUT2D eigenvalue weighted by Crippen LogP contribution is 2.14. The smallest absolute Gasteiger partial charge is 0.191 e. The molecule has 0 bridgehead atoms. The molecular formula is C19H32IN3O. The summed E-state index contributed by atoms with van der Waals surface area (Å²) in [7, 11) is 0. The Bertz CT molecular complexity index is 461. The lowest BCUT2D eigenvalue weighted by Crippen LogP contribution is -2.42. The van der Waals surface area contributed by atoms with E-state index >= 15 is 0 Å². The topological polar surface area (TPSA) is 45.7 Å². The van der Waals surface area contributed by atoms with Crippen molar-refractivity contribution in [2.75, 3.05) is 19.7 Å². The lowest BCUT2D eigenvalue weighted by atomic mass is 10.1. The van der Waals surface area contributed by atoms with Crippen LogP contribution >= 0.6 is 24.0 Å². The van der Waals surface area contributed by atoms with Crippen molar-refractivity contribution in [3.8, 4) is 0 Å². The van der Waals surface area contributed by atoms with Gasteiger partial charge in [0.05, 0.1) is 6.10 Å². The molecule has 1 heterocycles. The molecule has 2 rings (SSSR count). The molecule has 0 aliphatic carbocycles. The quantitative estimate of drug-likeness (QED) is 0.364. The van der Waals surface area contributed by atoms with E-state index < -0.39 is 0 Å². The number of nitrogens with zero attached hydrogens (tertiary/aromatic N) is 1. The van der Waals surface area contributed by atoms with E-state index in [-0.39, 0.29) is 24.0 Å². The molecule has 5 heteroatoms. The lowest BCUT2D eigenvalue weighted by Gasteiger charge is -2.18. The van der Waals surface area contributed by atoms with E-state index in [1.54, 1.807) is 0 Å². The van der Waals surface area contributed by atoms with Crippen LogP contribution in [-0.4, -0.2) is 37.8 Å². The van der Waals surface area contributed by atoms with Crippen molar-refractivity contribution in [3.05, 3.63) is 35.9 Å². The zero-order valence-electron chi connectivity index (χ0n) is 15.0. The van der Waals surface area contributed by atoms with E-state index in [1.807, 2.05) is 0 Å². The number of aliphatic imine (C=N–C) groups is 1. The predicted molar refractivity (Wildman–Crippen MR) is 112 cm³/mol. The number of halogens is 1. The summed E-state index contributed by atoms with van der Waals surface area (Å²) in [4.78, 5) is 4.69. The average molecular weight is 445 g/mol. The fraction of sp³-hybridized carbons (Fsp3) is 0.632. The summed E-state index contributed by atoms with van der Waals surface area (Å²) in [6, 6.07) is 11.0. The summed E-state index contributed by atoms with van der Waals surface area (Å²) in [6.07, 6.45) is 6.01. The van der Waals surface area contributed by atoms with E-state index in [4.69, 9.17) is 4.74 Å². The minimum Gasteiger partial charge on any atom is -0.378 e. The standard InChI is InChI=1S/C19H31N3O.HI/c1-3-20-19(21-14-13-18-10-7-15-23-18)22-16(2)11-12-17-8-5-4-6-9-17;/h4-6,8-9,16,18H,3,7,10-15H2,1-2H3,(H2,20,21,22);1H. The number of nitrogens with one attached hydrogen (secondary N) is 2. The highest BCUT2D eigenvalue weighted by atomic mass is 127. The van der Waals surface area contributed by atoms with Crippen LogP contribution in [0.2, 0.25) is 0 Å². The molecule has 1 fully saturated rings. The van der Waals surface area contributed by atoms with Crippen LogP contribution in [0.1, 0.15) is 45.1 Å². The fourth-order valence-electron chi connectivity index (χ4n) is 2.85. The van der Waals surface area contributed by atoms with E-state index in [9.17, 15) is 0 Å². The molecule has 1 saturated heterocycles. The number of aryl methyl sites for hydroxylation is 1. The molecular weight excluding hydrogens is 413 g/mol. The molecule has 0 spiro atoms. The van der Waals surface area contributed by atoms with Gasteiger partial charge in [-0.25, -0.2) is 0 Å². The second-order valence-electron chi connectivity index (χ2n) is 6.25. The number of rotatable bonds is 8. The highest BCUT2D eigenvalue weighted by molar-refractivity contribution is 14.0. The minimum atomic E-state index is 0. The van der Waals surface area contributed by atoms with E-state index in [1.165, 1.54) is 18.4 Å². The normalized spacial score (nSPS) is 18.8. The van der Waals surface area contributed by atoms with E-state index in [0.29, 0.717) is 12.1 Å². The first-order valence-electron chi connectivity index (χ1n) is 8.98. The Morgan fingerprint density at radius 2 is 2.12 bits per heavy atom. The van der Waals surface area contributed by atoms with Gasteiger partial charge >= 0.3 is 0 Å². The monoisotopic (exact) mass is 445 g/mol. The maximum atomic E-state index is 5.65. The molecule has 2 N–H and O–H groups in total. The van der Waals surface area contributed by atoms with Gasteiger partial charge in [0.25, 0.3) is 0 Å². The number of ether oxygens (including phenoxy) is 1. The van der Waals surface area contributed by atoms with Crippen LogP contribution in [0.15, 0.2) is 35.3 Å². The summed E-state index contributed by atoms with van der Waals surface area (Å²) in [5, 5.41) is 6.85. The molecule has 4 nitrogen and oxygen atoms in total. The van der Waals surface area contributed by atoms with Gasteiger partial charge < -0.3 is 15.4 Å². The molecule has 1 aromatic carbocycles. The van der Waals surface area contributed by atoms with Gasteiger partial charge in [-0.3, -0.25) is 4.99 Å². The Hall–Kier alpha value is -0.820. The maximum absolute atomic E-state index is 5.65. The third kappa shape index (κ3) is 8.33. The van der Waals surface area contributed by atoms with Crippen molar-refractivity contribution in [3.63, 3.8) is 0 Å². The van der Waals surface area contributed by atoms with Crippen molar-refractivity contribution >= 4 is 29.9 Å². The van der Waals surface area contributed by atoms with Crippen molar-refractivity contribution in [2.45, 2.75) is 58.1 Å². The zero-order chi connectivity index (χ0) is 16.3. The second kappa shape index (κ2) is 12.5. The molecule has 136 valence electrons. The van der Waals surface area contributed by atoms with Crippen molar-refractivity contribution < 1.29 is 4.74 Å². The van der Waals surface area contributed by atoms with Gasteiger partial charge in [0.1, 0.15) is 0 Å². The number of hydrogen-bond acceptors (Lipinski definition) is 2. The molecule has 1 aromatic rings.